The van der Waals surface area contributed by atoms with Gasteiger partial charge in [-0.25, -0.2) is 0 Å². The fraction of sp³-hybridized carbons (Fsp3) is 0.143. The van der Waals surface area contributed by atoms with Crippen LogP contribution in [0.3, 0.4) is 0 Å². The van der Waals surface area contributed by atoms with Crippen LogP contribution in [0.2, 0.25) is 0 Å². The molecule has 4 nitrogen and oxygen atoms in total. The second-order valence-electron chi connectivity index (χ2n) is 8.28. The minimum atomic E-state index is -0.873. The number of nitrogens with one attached hydrogen (secondary N) is 1. The summed E-state index contributed by atoms with van der Waals surface area (Å²) in [4.78, 5) is 26.0. The van der Waals surface area contributed by atoms with Crippen molar-refractivity contribution < 1.29 is 14.7 Å². The van der Waals surface area contributed by atoms with Crippen molar-refractivity contribution >= 4 is 28.3 Å². The van der Waals surface area contributed by atoms with Crippen molar-refractivity contribution in [2.24, 2.45) is 11.8 Å². The number of anilines is 1. The normalized spacial score (nSPS) is 22.1. The van der Waals surface area contributed by atoms with Gasteiger partial charge in [-0.05, 0) is 22.6 Å². The molecule has 3 unspecified atom stereocenters. The van der Waals surface area contributed by atoms with Crippen molar-refractivity contribution in [1.29, 1.82) is 0 Å². The van der Waals surface area contributed by atoms with E-state index in [4.69, 9.17) is 0 Å². The first kappa shape index (κ1) is 20.0. The van der Waals surface area contributed by atoms with Gasteiger partial charge in [-0.15, -0.1) is 0 Å². The number of fused-ring (bicyclic) bond motifs is 1. The number of hydrogen-bond acceptors (Lipinski definition) is 2. The maximum absolute atomic E-state index is 13.7. The molecule has 0 bridgehead atoms. The van der Waals surface area contributed by atoms with Crippen molar-refractivity contribution in [2.75, 3.05) is 5.32 Å². The van der Waals surface area contributed by atoms with Crippen molar-refractivity contribution in [3.63, 3.8) is 0 Å². The van der Waals surface area contributed by atoms with Gasteiger partial charge in [0, 0.05) is 22.9 Å². The average molecular weight is 421 g/mol. The number of benzene rings is 4. The monoisotopic (exact) mass is 421 g/mol. The molecule has 0 aromatic heterocycles. The Bertz CT molecular complexity index is 1220. The minimum Gasteiger partial charge on any atom is -0.481 e. The summed E-state index contributed by atoms with van der Waals surface area (Å²) in [5.74, 6) is -2.96. The molecule has 0 heterocycles. The van der Waals surface area contributed by atoms with E-state index in [-0.39, 0.29) is 5.91 Å². The maximum atomic E-state index is 13.7. The Morgan fingerprint density at radius 3 is 1.75 bits per heavy atom. The third kappa shape index (κ3) is 3.44. The molecule has 32 heavy (non-hydrogen) atoms. The first-order valence-corrected chi connectivity index (χ1v) is 10.8. The van der Waals surface area contributed by atoms with Gasteiger partial charge in [-0.2, -0.15) is 0 Å². The third-order valence-corrected chi connectivity index (χ3v) is 6.55. The summed E-state index contributed by atoms with van der Waals surface area (Å²) in [6, 6.07) is 32.8. The van der Waals surface area contributed by atoms with E-state index in [2.05, 4.69) is 5.32 Å². The van der Waals surface area contributed by atoms with Gasteiger partial charge in [-0.3, -0.25) is 9.59 Å². The van der Waals surface area contributed by atoms with Gasteiger partial charge in [0.15, 0.2) is 0 Å². The molecule has 4 heteroatoms. The van der Waals surface area contributed by atoms with E-state index < -0.39 is 29.6 Å². The predicted octanol–water partition coefficient (Wildman–Crippen LogP) is 5.68. The van der Waals surface area contributed by atoms with E-state index in [1.54, 1.807) is 0 Å². The lowest BCUT2D eigenvalue weighted by Gasteiger charge is -2.49. The highest BCUT2D eigenvalue weighted by Crippen LogP contribution is 2.58. The van der Waals surface area contributed by atoms with E-state index in [0.29, 0.717) is 0 Å². The van der Waals surface area contributed by atoms with Crippen molar-refractivity contribution in [3.05, 3.63) is 114 Å². The lowest BCUT2D eigenvalue weighted by atomic mass is 9.52. The quantitative estimate of drug-likeness (QED) is 0.436. The fourth-order valence-electron chi connectivity index (χ4n) is 5.11. The standard InChI is InChI=1S/C28H23NO3/c30-27(29-22-17-9-15-18-10-7-8-16-21(18)22)25-23(19-11-3-1-4-12-19)26(28(31)32)24(25)20-13-5-2-6-14-20/h1-17,23-26H,(H,29,30)(H,31,32)/t23-,24?,25?,26?/m1/s1. The van der Waals surface area contributed by atoms with Crippen molar-refractivity contribution in [2.45, 2.75) is 11.8 Å². The number of carbonyl (C=O) groups is 2. The second-order valence-corrected chi connectivity index (χ2v) is 8.28. The molecule has 4 atom stereocenters. The summed E-state index contributed by atoms with van der Waals surface area (Å²) in [6.45, 7) is 0. The Labute approximate surface area is 186 Å². The van der Waals surface area contributed by atoms with Gasteiger partial charge in [0.05, 0.1) is 11.8 Å². The first-order valence-electron chi connectivity index (χ1n) is 10.8. The molecular formula is C28H23NO3. The maximum Gasteiger partial charge on any atom is 0.307 e. The van der Waals surface area contributed by atoms with Crippen LogP contribution in [0.4, 0.5) is 5.69 Å². The number of aliphatic carboxylic acids is 1. The number of rotatable bonds is 5. The van der Waals surface area contributed by atoms with E-state index >= 15 is 0 Å². The Balaban J connectivity index is 1.55. The number of amides is 1. The molecule has 0 saturated heterocycles. The van der Waals surface area contributed by atoms with E-state index in [9.17, 15) is 14.7 Å². The molecule has 1 fully saturated rings. The summed E-state index contributed by atoms with van der Waals surface area (Å²) in [7, 11) is 0. The lowest BCUT2D eigenvalue weighted by Crippen LogP contribution is -2.52. The Morgan fingerprint density at radius 2 is 1.16 bits per heavy atom. The van der Waals surface area contributed by atoms with Crippen LogP contribution in [0.5, 0.6) is 0 Å². The number of carboxylic acids is 1. The Kier molecular flexibility index (Phi) is 5.20. The molecule has 0 radical (unpaired) electrons. The van der Waals surface area contributed by atoms with Gasteiger partial charge in [0.25, 0.3) is 0 Å². The Hall–Kier alpha value is -3.92. The summed E-state index contributed by atoms with van der Waals surface area (Å²) in [5, 5.41) is 15.2. The van der Waals surface area contributed by atoms with Crippen LogP contribution in [-0.4, -0.2) is 17.0 Å². The van der Waals surface area contributed by atoms with E-state index in [0.717, 1.165) is 27.6 Å². The summed E-state index contributed by atoms with van der Waals surface area (Å²) in [5.41, 5.74) is 2.50. The van der Waals surface area contributed by atoms with E-state index in [1.165, 1.54) is 0 Å². The van der Waals surface area contributed by atoms with Crippen LogP contribution < -0.4 is 5.32 Å². The molecule has 1 amide bonds. The summed E-state index contributed by atoms with van der Waals surface area (Å²) < 4.78 is 0. The van der Waals surface area contributed by atoms with Crippen LogP contribution in [0.1, 0.15) is 23.0 Å². The van der Waals surface area contributed by atoms with Crippen molar-refractivity contribution in [3.8, 4) is 0 Å². The number of carboxylic acid groups (broad SMARTS) is 1. The van der Waals surface area contributed by atoms with Crippen LogP contribution >= 0.6 is 0 Å². The number of carbonyl (C=O) groups excluding carboxylic acids is 1. The molecule has 1 aliphatic carbocycles. The summed E-state index contributed by atoms with van der Waals surface area (Å²) in [6.07, 6.45) is 0. The largest absolute Gasteiger partial charge is 0.481 e. The van der Waals surface area contributed by atoms with Crippen LogP contribution in [-0.2, 0) is 9.59 Å². The smallest absolute Gasteiger partial charge is 0.307 e. The zero-order chi connectivity index (χ0) is 22.1. The summed E-state index contributed by atoms with van der Waals surface area (Å²) >= 11 is 0. The van der Waals surface area contributed by atoms with Gasteiger partial charge >= 0.3 is 5.97 Å². The highest BCUT2D eigenvalue weighted by atomic mass is 16.4. The molecular weight excluding hydrogens is 398 g/mol. The molecule has 0 spiro atoms. The first-order chi connectivity index (χ1) is 15.6. The highest BCUT2D eigenvalue weighted by Gasteiger charge is 2.58. The molecule has 4 aromatic carbocycles. The van der Waals surface area contributed by atoms with E-state index in [1.807, 2.05) is 103 Å². The predicted molar refractivity (Wildman–Crippen MR) is 126 cm³/mol. The fourth-order valence-corrected chi connectivity index (χ4v) is 5.11. The SMILES string of the molecule is O=C(O)C1C(c2ccccc2)C(C(=O)Nc2cccc3ccccc23)[C@H]1c1ccccc1. The third-order valence-electron chi connectivity index (χ3n) is 6.55. The second kappa shape index (κ2) is 8.31. The Morgan fingerprint density at radius 1 is 0.625 bits per heavy atom. The lowest BCUT2D eigenvalue weighted by molar-refractivity contribution is -0.152. The molecule has 158 valence electrons. The zero-order valence-electron chi connectivity index (χ0n) is 17.4. The minimum absolute atomic E-state index is 0.151. The van der Waals surface area contributed by atoms with Crippen LogP contribution in [0.15, 0.2) is 103 Å². The van der Waals surface area contributed by atoms with Crippen LogP contribution in [0.25, 0.3) is 10.8 Å². The van der Waals surface area contributed by atoms with Gasteiger partial charge in [0.2, 0.25) is 5.91 Å². The van der Waals surface area contributed by atoms with Gasteiger partial charge in [-0.1, -0.05) is 97.1 Å². The average Bonchev–Trinajstić information content (AvgIpc) is 2.80. The molecule has 5 rings (SSSR count). The number of hydrogen-bond donors (Lipinski definition) is 2. The van der Waals surface area contributed by atoms with Gasteiger partial charge < -0.3 is 10.4 Å². The molecule has 1 aliphatic rings. The molecule has 0 aliphatic heterocycles. The van der Waals surface area contributed by atoms with Gasteiger partial charge in [0.1, 0.15) is 0 Å². The molecule has 4 aromatic rings. The molecule has 1 saturated carbocycles. The topological polar surface area (TPSA) is 66.4 Å². The zero-order valence-corrected chi connectivity index (χ0v) is 17.4. The van der Waals surface area contributed by atoms with Crippen LogP contribution in [0, 0.1) is 11.8 Å². The molecule has 2 N–H and O–H groups in total. The van der Waals surface area contributed by atoms with Crippen molar-refractivity contribution in [1.82, 2.24) is 0 Å². The highest BCUT2D eigenvalue weighted by molar-refractivity contribution is 6.04.